The maximum atomic E-state index is 5.65. The van der Waals surface area contributed by atoms with E-state index in [0.717, 1.165) is 22.3 Å². The van der Waals surface area contributed by atoms with Gasteiger partial charge in [0.2, 0.25) is 16.9 Å². The van der Waals surface area contributed by atoms with Gasteiger partial charge in [-0.25, -0.2) is 4.98 Å². The Labute approximate surface area is 133 Å². The molecule has 108 valence electrons. The molecular weight excluding hydrogens is 354 g/mol. The summed E-state index contributed by atoms with van der Waals surface area (Å²) in [5.74, 6) is 2.48. The molecule has 21 heavy (non-hydrogen) atoms. The molecule has 0 radical (unpaired) electrons. The van der Waals surface area contributed by atoms with Crippen LogP contribution in [-0.2, 0) is 12.2 Å². The van der Waals surface area contributed by atoms with Crippen LogP contribution in [0.4, 0.5) is 0 Å². The summed E-state index contributed by atoms with van der Waals surface area (Å²) in [5.41, 5.74) is 0.888. The summed E-state index contributed by atoms with van der Waals surface area (Å²) in [6.45, 7) is 2.03. The maximum absolute atomic E-state index is 5.65. The lowest BCUT2D eigenvalue weighted by Gasteiger charge is -1.95. The molecule has 8 heteroatoms. The smallest absolute Gasteiger partial charge is 0.247 e. The van der Waals surface area contributed by atoms with Gasteiger partial charge in [-0.15, -0.1) is 15.3 Å². The van der Waals surface area contributed by atoms with E-state index in [9.17, 15) is 0 Å². The summed E-state index contributed by atoms with van der Waals surface area (Å²) in [6.07, 6.45) is 0.834. The number of aromatic nitrogens is 5. The molecule has 0 bridgehead atoms. The lowest BCUT2D eigenvalue weighted by Crippen LogP contribution is -1.83. The van der Waals surface area contributed by atoms with Gasteiger partial charge in [0.05, 0.1) is 5.75 Å². The fourth-order valence-electron chi connectivity index (χ4n) is 1.68. The molecule has 0 aliphatic heterocycles. The molecule has 0 amide bonds. The first-order valence-corrected chi connectivity index (χ1v) is 8.15. The van der Waals surface area contributed by atoms with Crippen molar-refractivity contribution in [3.8, 4) is 11.5 Å². The number of aryl methyl sites for hydroxylation is 1. The fraction of sp³-hybridized carbons (Fsp3) is 0.231. The van der Waals surface area contributed by atoms with Crippen LogP contribution in [0.25, 0.3) is 11.5 Å². The number of rotatable bonds is 5. The summed E-state index contributed by atoms with van der Waals surface area (Å²) in [6, 6.07) is 7.74. The highest BCUT2D eigenvalue weighted by Gasteiger charge is 2.10. The number of aromatic amines is 1. The van der Waals surface area contributed by atoms with Crippen molar-refractivity contribution in [1.29, 1.82) is 0 Å². The predicted molar refractivity (Wildman–Crippen MR) is 82.8 cm³/mol. The molecule has 0 aliphatic carbocycles. The first-order chi connectivity index (χ1) is 10.2. The zero-order chi connectivity index (χ0) is 14.7. The summed E-state index contributed by atoms with van der Waals surface area (Å²) >= 11 is 4.89. The van der Waals surface area contributed by atoms with Crippen molar-refractivity contribution in [1.82, 2.24) is 25.4 Å². The molecule has 0 atom stereocenters. The third-order valence-electron chi connectivity index (χ3n) is 2.71. The van der Waals surface area contributed by atoms with Gasteiger partial charge < -0.3 is 4.42 Å². The fourth-order valence-corrected chi connectivity index (χ4v) is 2.73. The van der Waals surface area contributed by atoms with E-state index in [0.29, 0.717) is 22.7 Å². The monoisotopic (exact) mass is 365 g/mol. The molecule has 0 aliphatic rings. The molecule has 1 N–H and O–H groups in total. The second-order valence-electron chi connectivity index (χ2n) is 4.22. The summed E-state index contributed by atoms with van der Waals surface area (Å²) in [7, 11) is 0. The van der Waals surface area contributed by atoms with Crippen LogP contribution in [0.15, 0.2) is 38.3 Å². The van der Waals surface area contributed by atoms with Crippen molar-refractivity contribution in [2.45, 2.75) is 24.3 Å². The maximum Gasteiger partial charge on any atom is 0.247 e. The van der Waals surface area contributed by atoms with Gasteiger partial charge in [0, 0.05) is 16.5 Å². The molecule has 2 heterocycles. The van der Waals surface area contributed by atoms with E-state index >= 15 is 0 Å². The summed E-state index contributed by atoms with van der Waals surface area (Å²) in [4.78, 5) is 4.32. The average Bonchev–Trinajstić information content (AvgIpc) is 3.14. The van der Waals surface area contributed by atoms with Gasteiger partial charge in [0.1, 0.15) is 5.82 Å². The van der Waals surface area contributed by atoms with E-state index in [1.807, 2.05) is 31.2 Å². The van der Waals surface area contributed by atoms with E-state index in [2.05, 4.69) is 41.3 Å². The first-order valence-electron chi connectivity index (χ1n) is 6.37. The Balaban J connectivity index is 1.67. The van der Waals surface area contributed by atoms with Gasteiger partial charge in [-0.2, -0.15) is 0 Å². The highest BCUT2D eigenvalue weighted by Crippen LogP contribution is 2.24. The second-order valence-corrected chi connectivity index (χ2v) is 6.08. The topological polar surface area (TPSA) is 80.5 Å². The van der Waals surface area contributed by atoms with Crippen LogP contribution in [0.5, 0.6) is 0 Å². The minimum atomic E-state index is 0.510. The Morgan fingerprint density at radius 1 is 1.33 bits per heavy atom. The molecule has 6 nitrogen and oxygen atoms in total. The van der Waals surface area contributed by atoms with Crippen molar-refractivity contribution in [3.05, 3.63) is 40.5 Å². The van der Waals surface area contributed by atoms with Crippen LogP contribution in [0, 0.1) is 0 Å². The number of hydrogen-bond donors (Lipinski definition) is 1. The van der Waals surface area contributed by atoms with Gasteiger partial charge in [-0.3, -0.25) is 5.10 Å². The predicted octanol–water partition coefficient (Wildman–Crippen LogP) is 3.47. The van der Waals surface area contributed by atoms with Crippen LogP contribution in [0.1, 0.15) is 18.6 Å². The molecule has 3 rings (SSSR count). The number of benzene rings is 1. The molecule has 1 aromatic carbocycles. The normalized spacial score (nSPS) is 11.0. The van der Waals surface area contributed by atoms with Crippen molar-refractivity contribution in [2.24, 2.45) is 0 Å². The van der Waals surface area contributed by atoms with Crippen molar-refractivity contribution in [2.75, 3.05) is 0 Å². The Morgan fingerprint density at radius 3 is 3.00 bits per heavy atom. The lowest BCUT2D eigenvalue weighted by atomic mass is 10.2. The van der Waals surface area contributed by atoms with Gasteiger partial charge in [-0.1, -0.05) is 40.7 Å². The average molecular weight is 366 g/mol. The number of halogens is 1. The van der Waals surface area contributed by atoms with E-state index in [1.54, 1.807) is 0 Å². The highest BCUT2D eigenvalue weighted by molar-refractivity contribution is 9.10. The third-order valence-corrected chi connectivity index (χ3v) is 4.03. The second kappa shape index (κ2) is 6.40. The Kier molecular flexibility index (Phi) is 4.35. The Bertz CT molecular complexity index is 742. The standard InChI is InChI=1S/C13H12BrN5OS/c1-2-10-15-13(19-16-10)21-7-11-17-18-12(20-11)8-4-3-5-9(14)6-8/h3-6H,2,7H2,1H3,(H,15,16,19). The minimum Gasteiger partial charge on any atom is -0.420 e. The van der Waals surface area contributed by atoms with E-state index in [-0.39, 0.29) is 0 Å². The van der Waals surface area contributed by atoms with Crippen LogP contribution in [-0.4, -0.2) is 25.4 Å². The zero-order valence-electron chi connectivity index (χ0n) is 11.2. The summed E-state index contributed by atoms with van der Waals surface area (Å²) < 4.78 is 6.62. The lowest BCUT2D eigenvalue weighted by molar-refractivity contribution is 0.528. The number of hydrogen-bond acceptors (Lipinski definition) is 6. The Morgan fingerprint density at radius 2 is 2.24 bits per heavy atom. The van der Waals surface area contributed by atoms with Crippen LogP contribution in [0.2, 0.25) is 0 Å². The zero-order valence-corrected chi connectivity index (χ0v) is 13.6. The third kappa shape index (κ3) is 3.51. The van der Waals surface area contributed by atoms with Gasteiger partial charge >= 0.3 is 0 Å². The van der Waals surface area contributed by atoms with Crippen molar-refractivity contribution in [3.63, 3.8) is 0 Å². The largest absolute Gasteiger partial charge is 0.420 e. The molecule has 2 aromatic heterocycles. The molecule has 0 unspecified atom stereocenters. The SMILES string of the molecule is CCc1nc(SCc2nnc(-c3cccc(Br)c3)o2)n[nH]1. The van der Waals surface area contributed by atoms with Gasteiger partial charge in [0.15, 0.2) is 0 Å². The minimum absolute atomic E-state index is 0.510. The van der Waals surface area contributed by atoms with E-state index in [4.69, 9.17) is 4.42 Å². The number of nitrogens with one attached hydrogen (secondary N) is 1. The van der Waals surface area contributed by atoms with Gasteiger partial charge in [0.25, 0.3) is 0 Å². The van der Waals surface area contributed by atoms with E-state index < -0.39 is 0 Å². The Hall–Kier alpha value is -1.67. The van der Waals surface area contributed by atoms with Gasteiger partial charge in [-0.05, 0) is 18.2 Å². The number of nitrogens with zero attached hydrogens (tertiary/aromatic N) is 4. The first kappa shape index (κ1) is 14.3. The molecule has 0 spiro atoms. The van der Waals surface area contributed by atoms with Crippen molar-refractivity contribution >= 4 is 27.7 Å². The van der Waals surface area contributed by atoms with Crippen LogP contribution in [0.3, 0.4) is 0 Å². The van der Waals surface area contributed by atoms with Crippen molar-refractivity contribution < 1.29 is 4.42 Å². The molecule has 0 saturated heterocycles. The van der Waals surface area contributed by atoms with Crippen LogP contribution < -0.4 is 0 Å². The molecular formula is C13H12BrN5OS. The molecule has 3 aromatic rings. The van der Waals surface area contributed by atoms with E-state index in [1.165, 1.54) is 11.8 Å². The number of H-pyrrole nitrogens is 1. The summed E-state index contributed by atoms with van der Waals surface area (Å²) in [5, 5.41) is 15.8. The molecule has 0 saturated carbocycles. The van der Waals surface area contributed by atoms with Crippen LogP contribution >= 0.6 is 27.7 Å². The quantitative estimate of drug-likeness (QED) is 0.697. The molecule has 0 fully saturated rings. The number of thioether (sulfide) groups is 1. The highest BCUT2D eigenvalue weighted by atomic mass is 79.9.